The van der Waals surface area contributed by atoms with E-state index in [1.54, 1.807) is 36.4 Å². The lowest BCUT2D eigenvalue weighted by molar-refractivity contribution is 0.281. The number of anilines is 1. The van der Waals surface area contributed by atoms with Crippen molar-refractivity contribution in [2.45, 2.75) is 18.0 Å². The summed E-state index contributed by atoms with van der Waals surface area (Å²) < 4.78 is 26.7. The first-order chi connectivity index (χ1) is 9.51. The highest BCUT2D eigenvalue weighted by molar-refractivity contribution is 7.89. The number of nitrogens with two attached hydrogens (primary N) is 1. The molecular weight excluding hydrogens is 276 g/mol. The van der Waals surface area contributed by atoms with Crippen LogP contribution in [0, 0.1) is 0 Å². The molecule has 0 bridgehead atoms. The Balaban J connectivity index is 2.13. The van der Waals surface area contributed by atoms with Gasteiger partial charge in [-0.25, -0.2) is 13.1 Å². The van der Waals surface area contributed by atoms with Crippen molar-refractivity contribution in [2.24, 2.45) is 0 Å². The molecule has 0 aliphatic rings. The van der Waals surface area contributed by atoms with Crippen molar-refractivity contribution in [3.63, 3.8) is 0 Å². The van der Waals surface area contributed by atoms with Crippen LogP contribution in [0.5, 0.6) is 0 Å². The molecule has 0 radical (unpaired) electrons. The molecule has 20 heavy (non-hydrogen) atoms. The summed E-state index contributed by atoms with van der Waals surface area (Å²) in [6, 6.07) is 13.2. The van der Waals surface area contributed by atoms with Crippen LogP contribution in [-0.2, 0) is 23.2 Å². The quantitative estimate of drug-likeness (QED) is 0.723. The molecule has 0 unspecified atom stereocenters. The molecule has 2 aromatic carbocycles. The molecule has 0 atom stereocenters. The number of nitrogen functional groups attached to an aromatic ring is 1. The highest BCUT2D eigenvalue weighted by Gasteiger charge is 2.13. The second-order valence-corrected chi connectivity index (χ2v) is 6.14. The Kier molecular flexibility index (Phi) is 4.39. The van der Waals surface area contributed by atoms with Gasteiger partial charge in [0.15, 0.2) is 0 Å². The summed E-state index contributed by atoms with van der Waals surface area (Å²) in [7, 11) is -3.59. The highest BCUT2D eigenvalue weighted by Crippen LogP contribution is 2.13. The van der Waals surface area contributed by atoms with E-state index in [0.29, 0.717) is 5.69 Å². The van der Waals surface area contributed by atoms with Crippen molar-refractivity contribution >= 4 is 15.7 Å². The van der Waals surface area contributed by atoms with E-state index >= 15 is 0 Å². The summed E-state index contributed by atoms with van der Waals surface area (Å²) in [6.07, 6.45) is 0. The van der Waals surface area contributed by atoms with E-state index in [-0.39, 0.29) is 18.0 Å². The summed E-state index contributed by atoms with van der Waals surface area (Å²) in [5.74, 6) is 0. The van der Waals surface area contributed by atoms with Gasteiger partial charge in [-0.3, -0.25) is 0 Å². The number of hydrogen-bond donors (Lipinski definition) is 3. The fraction of sp³-hybridized carbons (Fsp3) is 0.143. The third-order valence-corrected chi connectivity index (χ3v) is 4.21. The first kappa shape index (κ1) is 14.5. The van der Waals surface area contributed by atoms with E-state index in [1.807, 2.05) is 0 Å². The molecule has 0 aliphatic heterocycles. The summed E-state index contributed by atoms with van der Waals surface area (Å²) in [4.78, 5) is 0.135. The summed E-state index contributed by atoms with van der Waals surface area (Å²) in [6.45, 7) is 0.0841. The van der Waals surface area contributed by atoms with Crippen LogP contribution >= 0.6 is 0 Å². The maximum Gasteiger partial charge on any atom is 0.240 e. The van der Waals surface area contributed by atoms with Crippen molar-refractivity contribution in [3.8, 4) is 0 Å². The Morgan fingerprint density at radius 1 is 1.05 bits per heavy atom. The zero-order valence-electron chi connectivity index (χ0n) is 10.8. The van der Waals surface area contributed by atoms with Gasteiger partial charge >= 0.3 is 0 Å². The molecule has 2 rings (SSSR count). The Bertz CT molecular complexity index is 699. The molecule has 4 N–H and O–H groups in total. The lowest BCUT2D eigenvalue weighted by Gasteiger charge is -2.08. The van der Waals surface area contributed by atoms with Gasteiger partial charge < -0.3 is 10.8 Å². The molecule has 6 heteroatoms. The van der Waals surface area contributed by atoms with E-state index in [2.05, 4.69) is 4.72 Å². The molecule has 2 aromatic rings. The number of aliphatic hydroxyl groups excluding tert-OH is 1. The normalized spacial score (nSPS) is 11.4. The molecule has 5 nitrogen and oxygen atoms in total. The van der Waals surface area contributed by atoms with Crippen molar-refractivity contribution in [3.05, 3.63) is 59.7 Å². The Morgan fingerprint density at radius 3 is 2.45 bits per heavy atom. The van der Waals surface area contributed by atoms with Crippen LogP contribution in [-0.4, -0.2) is 13.5 Å². The van der Waals surface area contributed by atoms with E-state index in [0.717, 1.165) is 11.1 Å². The number of aliphatic hydroxyl groups is 1. The minimum atomic E-state index is -3.59. The Labute approximate surface area is 118 Å². The van der Waals surface area contributed by atoms with Gasteiger partial charge in [0, 0.05) is 12.2 Å². The molecule has 0 heterocycles. The lowest BCUT2D eigenvalue weighted by atomic mass is 10.1. The highest BCUT2D eigenvalue weighted by atomic mass is 32.2. The van der Waals surface area contributed by atoms with E-state index < -0.39 is 10.0 Å². The standard InChI is InChI=1S/C14H16N2O3S/c15-13-5-2-6-14(8-13)20(18,19)16-9-11-3-1-4-12(7-11)10-17/h1-8,16-17H,9-10,15H2. The van der Waals surface area contributed by atoms with Crippen molar-refractivity contribution in [1.29, 1.82) is 0 Å². The van der Waals surface area contributed by atoms with Gasteiger partial charge in [0.05, 0.1) is 11.5 Å². The fourth-order valence-electron chi connectivity index (χ4n) is 1.78. The third kappa shape index (κ3) is 3.57. The van der Waals surface area contributed by atoms with Crippen LogP contribution in [0.2, 0.25) is 0 Å². The fourth-order valence-corrected chi connectivity index (χ4v) is 2.85. The van der Waals surface area contributed by atoms with Crippen LogP contribution in [0.15, 0.2) is 53.4 Å². The van der Waals surface area contributed by atoms with Gasteiger partial charge in [0.2, 0.25) is 10.0 Å². The third-order valence-electron chi connectivity index (χ3n) is 2.81. The van der Waals surface area contributed by atoms with Gasteiger partial charge in [-0.1, -0.05) is 30.3 Å². The summed E-state index contributed by atoms with van der Waals surface area (Å²) in [5.41, 5.74) is 7.50. The number of benzene rings is 2. The molecule has 106 valence electrons. The SMILES string of the molecule is Nc1cccc(S(=O)(=O)NCc2cccc(CO)c2)c1. The first-order valence-corrected chi connectivity index (χ1v) is 7.53. The van der Waals surface area contributed by atoms with Gasteiger partial charge in [-0.2, -0.15) is 0 Å². The lowest BCUT2D eigenvalue weighted by Crippen LogP contribution is -2.23. The molecule has 0 spiro atoms. The minimum Gasteiger partial charge on any atom is -0.399 e. The van der Waals surface area contributed by atoms with Gasteiger partial charge in [0.1, 0.15) is 0 Å². The number of hydrogen-bond acceptors (Lipinski definition) is 4. The zero-order valence-corrected chi connectivity index (χ0v) is 11.6. The second-order valence-electron chi connectivity index (χ2n) is 4.38. The summed E-state index contributed by atoms with van der Waals surface area (Å²) >= 11 is 0. The maximum absolute atomic E-state index is 12.1. The average Bonchev–Trinajstić information content (AvgIpc) is 2.45. The van der Waals surface area contributed by atoms with Crippen LogP contribution < -0.4 is 10.5 Å². The first-order valence-electron chi connectivity index (χ1n) is 6.05. The van der Waals surface area contributed by atoms with E-state index in [4.69, 9.17) is 10.8 Å². The molecule has 0 fully saturated rings. The Hall–Kier alpha value is -1.89. The largest absolute Gasteiger partial charge is 0.399 e. The molecule has 0 aliphatic carbocycles. The van der Waals surface area contributed by atoms with Crippen molar-refractivity contribution in [2.75, 3.05) is 5.73 Å². The molecule has 0 amide bonds. The topological polar surface area (TPSA) is 92.4 Å². The van der Waals surface area contributed by atoms with Gasteiger partial charge in [-0.05, 0) is 29.3 Å². The Morgan fingerprint density at radius 2 is 1.75 bits per heavy atom. The second kappa shape index (κ2) is 6.04. The van der Waals surface area contributed by atoms with Crippen LogP contribution in [0.25, 0.3) is 0 Å². The predicted molar refractivity (Wildman–Crippen MR) is 77.2 cm³/mol. The van der Waals surface area contributed by atoms with Crippen LogP contribution in [0.4, 0.5) is 5.69 Å². The molecule has 0 saturated carbocycles. The molecule has 0 saturated heterocycles. The number of sulfonamides is 1. The van der Waals surface area contributed by atoms with Crippen LogP contribution in [0.3, 0.4) is 0 Å². The molecule has 0 aromatic heterocycles. The van der Waals surface area contributed by atoms with Crippen molar-refractivity contribution < 1.29 is 13.5 Å². The van der Waals surface area contributed by atoms with E-state index in [9.17, 15) is 8.42 Å². The van der Waals surface area contributed by atoms with Gasteiger partial charge in [-0.15, -0.1) is 0 Å². The minimum absolute atomic E-state index is 0.0736. The monoisotopic (exact) mass is 292 g/mol. The number of rotatable bonds is 5. The smallest absolute Gasteiger partial charge is 0.240 e. The molecular formula is C14H16N2O3S. The van der Waals surface area contributed by atoms with Gasteiger partial charge in [0.25, 0.3) is 0 Å². The zero-order chi connectivity index (χ0) is 14.6. The summed E-state index contributed by atoms with van der Waals surface area (Å²) in [5, 5.41) is 9.05. The predicted octanol–water partition coefficient (Wildman–Crippen LogP) is 1.24. The average molecular weight is 292 g/mol. The maximum atomic E-state index is 12.1. The van der Waals surface area contributed by atoms with Crippen LogP contribution in [0.1, 0.15) is 11.1 Å². The number of nitrogens with one attached hydrogen (secondary N) is 1. The van der Waals surface area contributed by atoms with E-state index in [1.165, 1.54) is 12.1 Å². The van der Waals surface area contributed by atoms with Crippen molar-refractivity contribution in [1.82, 2.24) is 4.72 Å².